The highest BCUT2D eigenvalue weighted by Crippen LogP contribution is 2.24. The Hall–Kier alpha value is -3.03. The van der Waals surface area contributed by atoms with Crippen LogP contribution in [-0.4, -0.2) is 21.4 Å². The van der Waals surface area contributed by atoms with Crippen molar-refractivity contribution >= 4 is 33.2 Å². The van der Waals surface area contributed by atoms with Crippen molar-refractivity contribution in [3.8, 4) is 5.75 Å². The molecule has 6 nitrogen and oxygen atoms in total. The van der Waals surface area contributed by atoms with Gasteiger partial charge in [0.2, 0.25) is 0 Å². The van der Waals surface area contributed by atoms with Gasteiger partial charge in [0.15, 0.2) is 0 Å². The van der Waals surface area contributed by atoms with Crippen molar-refractivity contribution in [2.45, 2.75) is 18.4 Å². The molecule has 0 saturated carbocycles. The van der Waals surface area contributed by atoms with E-state index >= 15 is 0 Å². The van der Waals surface area contributed by atoms with Crippen LogP contribution in [0.1, 0.15) is 21.5 Å². The molecule has 0 bridgehead atoms. The van der Waals surface area contributed by atoms with Crippen LogP contribution < -0.4 is 14.8 Å². The zero-order valence-corrected chi connectivity index (χ0v) is 18.0. The molecule has 0 radical (unpaired) electrons. The summed E-state index contributed by atoms with van der Waals surface area (Å²) < 4.78 is 32.6. The summed E-state index contributed by atoms with van der Waals surface area (Å²) in [6, 6.07) is 18.1. The lowest BCUT2D eigenvalue weighted by Gasteiger charge is -2.12. The van der Waals surface area contributed by atoms with Crippen molar-refractivity contribution in [1.82, 2.24) is 5.32 Å². The fourth-order valence-corrected chi connectivity index (χ4v) is 4.13. The minimum Gasteiger partial charge on any atom is -0.497 e. The molecule has 156 valence electrons. The maximum absolute atomic E-state index is 12.5. The maximum atomic E-state index is 12.5. The normalized spacial score (nSPS) is 11.0. The zero-order chi connectivity index (χ0) is 21.7. The van der Waals surface area contributed by atoms with Gasteiger partial charge in [-0.1, -0.05) is 35.9 Å². The van der Waals surface area contributed by atoms with Crippen LogP contribution in [-0.2, 0) is 16.6 Å². The third-order valence-electron chi connectivity index (χ3n) is 4.54. The van der Waals surface area contributed by atoms with Gasteiger partial charge in [0.1, 0.15) is 5.75 Å². The molecule has 0 heterocycles. The Morgan fingerprint density at radius 3 is 2.37 bits per heavy atom. The number of methoxy groups -OCH3 is 1. The number of rotatable bonds is 7. The molecule has 3 aromatic rings. The van der Waals surface area contributed by atoms with Gasteiger partial charge in [0.05, 0.1) is 28.3 Å². The SMILES string of the molecule is COc1ccc(S(=O)(=O)Nc2ccc(C(=O)NCc3ccccc3C)c(Cl)c2)cc1. The summed E-state index contributed by atoms with van der Waals surface area (Å²) >= 11 is 6.24. The van der Waals surface area contributed by atoms with E-state index in [0.717, 1.165) is 11.1 Å². The summed E-state index contributed by atoms with van der Waals surface area (Å²) in [5.41, 5.74) is 2.60. The molecule has 1 amide bonds. The van der Waals surface area contributed by atoms with E-state index in [0.29, 0.717) is 12.3 Å². The molecule has 0 aromatic heterocycles. The Kier molecular flexibility index (Phi) is 6.64. The molecular weight excluding hydrogens is 424 g/mol. The summed E-state index contributed by atoms with van der Waals surface area (Å²) in [4.78, 5) is 12.6. The lowest BCUT2D eigenvalue weighted by molar-refractivity contribution is 0.0951. The van der Waals surface area contributed by atoms with Crippen LogP contribution in [0.15, 0.2) is 71.6 Å². The number of nitrogens with one attached hydrogen (secondary N) is 2. The van der Waals surface area contributed by atoms with Crippen molar-refractivity contribution in [3.63, 3.8) is 0 Å². The van der Waals surface area contributed by atoms with E-state index in [1.165, 1.54) is 37.4 Å². The Labute approximate surface area is 180 Å². The van der Waals surface area contributed by atoms with E-state index in [4.69, 9.17) is 16.3 Å². The summed E-state index contributed by atoms with van der Waals surface area (Å²) in [5, 5.41) is 2.97. The van der Waals surface area contributed by atoms with Crippen LogP contribution in [0, 0.1) is 6.92 Å². The van der Waals surface area contributed by atoms with Gasteiger partial charge in [0.25, 0.3) is 15.9 Å². The van der Waals surface area contributed by atoms with E-state index in [-0.39, 0.29) is 27.1 Å². The van der Waals surface area contributed by atoms with Crippen LogP contribution in [0.25, 0.3) is 0 Å². The third-order valence-corrected chi connectivity index (χ3v) is 6.25. The lowest BCUT2D eigenvalue weighted by atomic mass is 10.1. The van der Waals surface area contributed by atoms with Crippen molar-refractivity contribution in [1.29, 1.82) is 0 Å². The zero-order valence-electron chi connectivity index (χ0n) is 16.5. The van der Waals surface area contributed by atoms with Gasteiger partial charge in [-0.15, -0.1) is 0 Å². The van der Waals surface area contributed by atoms with Crippen LogP contribution in [0.2, 0.25) is 5.02 Å². The fraction of sp³-hybridized carbons (Fsp3) is 0.136. The average Bonchev–Trinajstić information content (AvgIpc) is 2.73. The second-order valence-corrected chi connectivity index (χ2v) is 8.67. The van der Waals surface area contributed by atoms with Gasteiger partial charge < -0.3 is 10.1 Å². The van der Waals surface area contributed by atoms with Crippen molar-refractivity contribution in [2.75, 3.05) is 11.8 Å². The molecule has 8 heteroatoms. The van der Waals surface area contributed by atoms with E-state index in [2.05, 4.69) is 10.0 Å². The number of sulfonamides is 1. The van der Waals surface area contributed by atoms with E-state index in [9.17, 15) is 13.2 Å². The molecule has 3 aromatic carbocycles. The summed E-state index contributed by atoms with van der Waals surface area (Å²) in [7, 11) is -2.30. The molecule has 0 saturated heterocycles. The molecule has 2 N–H and O–H groups in total. The van der Waals surface area contributed by atoms with Gasteiger partial charge in [-0.3, -0.25) is 9.52 Å². The van der Waals surface area contributed by atoms with Crippen LogP contribution >= 0.6 is 11.6 Å². The quantitative estimate of drug-likeness (QED) is 0.566. The van der Waals surface area contributed by atoms with Crippen LogP contribution in [0.5, 0.6) is 5.75 Å². The van der Waals surface area contributed by atoms with E-state index in [1.54, 1.807) is 12.1 Å². The predicted octanol–water partition coefficient (Wildman–Crippen LogP) is 4.39. The van der Waals surface area contributed by atoms with Crippen molar-refractivity contribution in [2.24, 2.45) is 0 Å². The molecule has 0 aliphatic carbocycles. The van der Waals surface area contributed by atoms with E-state index in [1.807, 2.05) is 31.2 Å². The number of hydrogen-bond acceptors (Lipinski definition) is 4. The first-order chi connectivity index (χ1) is 14.3. The van der Waals surface area contributed by atoms with Crippen molar-refractivity contribution in [3.05, 3.63) is 88.4 Å². The Balaban J connectivity index is 1.71. The molecular formula is C22H21ClN2O4S. The number of carbonyl (C=O) groups is 1. The maximum Gasteiger partial charge on any atom is 0.261 e. The molecule has 0 aliphatic heterocycles. The minimum absolute atomic E-state index is 0.0828. The Morgan fingerprint density at radius 1 is 1.03 bits per heavy atom. The number of halogens is 1. The molecule has 0 unspecified atom stereocenters. The number of aryl methyl sites for hydroxylation is 1. The first-order valence-electron chi connectivity index (χ1n) is 9.09. The largest absolute Gasteiger partial charge is 0.497 e. The van der Waals surface area contributed by atoms with Gasteiger partial charge >= 0.3 is 0 Å². The second kappa shape index (κ2) is 9.19. The molecule has 30 heavy (non-hydrogen) atoms. The summed E-state index contributed by atoms with van der Waals surface area (Å²) in [6.45, 7) is 2.34. The predicted molar refractivity (Wildman–Crippen MR) is 118 cm³/mol. The minimum atomic E-state index is -3.80. The number of carbonyl (C=O) groups excluding carboxylic acids is 1. The highest BCUT2D eigenvalue weighted by atomic mass is 35.5. The topological polar surface area (TPSA) is 84.5 Å². The number of amides is 1. The number of benzene rings is 3. The number of hydrogen-bond donors (Lipinski definition) is 2. The molecule has 0 fully saturated rings. The first kappa shape index (κ1) is 21.7. The number of ether oxygens (including phenoxy) is 1. The first-order valence-corrected chi connectivity index (χ1v) is 11.0. The van der Waals surface area contributed by atoms with Gasteiger partial charge in [-0.2, -0.15) is 0 Å². The van der Waals surface area contributed by atoms with Crippen LogP contribution in [0.4, 0.5) is 5.69 Å². The van der Waals surface area contributed by atoms with E-state index < -0.39 is 10.0 Å². The smallest absolute Gasteiger partial charge is 0.261 e. The standard InChI is InChI=1S/C22H21ClN2O4S/c1-15-5-3-4-6-16(15)14-24-22(26)20-12-7-17(13-21(20)23)25-30(27,28)19-10-8-18(29-2)9-11-19/h3-13,25H,14H2,1-2H3,(H,24,26). The van der Waals surface area contributed by atoms with Gasteiger partial charge in [0, 0.05) is 6.54 Å². The average molecular weight is 445 g/mol. The highest BCUT2D eigenvalue weighted by molar-refractivity contribution is 7.92. The second-order valence-electron chi connectivity index (χ2n) is 6.58. The Morgan fingerprint density at radius 2 is 1.73 bits per heavy atom. The van der Waals surface area contributed by atoms with Gasteiger partial charge in [-0.25, -0.2) is 8.42 Å². The van der Waals surface area contributed by atoms with Crippen molar-refractivity contribution < 1.29 is 17.9 Å². The monoisotopic (exact) mass is 444 g/mol. The molecule has 0 atom stereocenters. The molecule has 0 spiro atoms. The fourth-order valence-electron chi connectivity index (χ4n) is 2.81. The van der Waals surface area contributed by atoms with Gasteiger partial charge in [-0.05, 0) is 60.5 Å². The molecule has 0 aliphatic rings. The summed E-state index contributed by atoms with van der Waals surface area (Å²) in [6.07, 6.45) is 0. The Bertz CT molecular complexity index is 1160. The lowest BCUT2D eigenvalue weighted by Crippen LogP contribution is -2.23. The van der Waals surface area contributed by atoms with Crippen LogP contribution in [0.3, 0.4) is 0 Å². The summed E-state index contributed by atoms with van der Waals surface area (Å²) in [5.74, 6) is 0.214. The highest BCUT2D eigenvalue weighted by Gasteiger charge is 2.16. The number of anilines is 1. The molecule has 3 rings (SSSR count). The third kappa shape index (κ3) is 5.11.